The van der Waals surface area contributed by atoms with Gasteiger partial charge in [-0.1, -0.05) is 41.6 Å². The van der Waals surface area contributed by atoms with E-state index in [9.17, 15) is 4.79 Å². The number of rotatable bonds is 5. The molecule has 0 bridgehead atoms. The molecule has 0 unspecified atom stereocenters. The van der Waals surface area contributed by atoms with Crippen molar-refractivity contribution >= 4 is 29.3 Å². The molecule has 0 spiro atoms. The molecule has 4 aromatic rings. The van der Waals surface area contributed by atoms with Gasteiger partial charge >= 0.3 is 0 Å². The lowest BCUT2D eigenvalue weighted by Gasteiger charge is -2.04. The Hall–Kier alpha value is -3.86. The molecule has 4 rings (SSSR count). The van der Waals surface area contributed by atoms with Crippen molar-refractivity contribution in [1.29, 1.82) is 0 Å². The lowest BCUT2D eigenvalue weighted by atomic mass is 10.1. The molecular formula is C16H12N8O2S. The number of hydrazone groups is 1. The van der Waals surface area contributed by atoms with E-state index in [2.05, 4.69) is 35.8 Å². The summed E-state index contributed by atoms with van der Waals surface area (Å²) in [4.78, 5) is 13.7. The predicted molar refractivity (Wildman–Crippen MR) is 98.4 cm³/mol. The van der Waals surface area contributed by atoms with Crippen molar-refractivity contribution in [2.75, 3.05) is 5.73 Å². The summed E-state index contributed by atoms with van der Waals surface area (Å²) in [5, 5.41) is 21.2. The topological polar surface area (TPSA) is 137 Å². The van der Waals surface area contributed by atoms with Gasteiger partial charge in [-0.2, -0.15) is 9.78 Å². The number of hydrogen-bond acceptors (Lipinski definition) is 9. The van der Waals surface area contributed by atoms with Crippen LogP contribution < -0.4 is 11.2 Å². The number of hydrogen-bond donors (Lipinski definition) is 2. The summed E-state index contributed by atoms with van der Waals surface area (Å²) in [5.74, 6) is -0.484. The van der Waals surface area contributed by atoms with Crippen LogP contribution in [0.15, 0.2) is 57.6 Å². The van der Waals surface area contributed by atoms with Gasteiger partial charge in [-0.15, -0.1) is 16.4 Å². The third-order valence-corrected chi connectivity index (χ3v) is 4.34. The summed E-state index contributed by atoms with van der Waals surface area (Å²) >= 11 is 1.50. The molecule has 1 amide bonds. The molecule has 0 atom stereocenters. The molecule has 3 heterocycles. The maximum absolute atomic E-state index is 12.8. The standard InChI is InChI=1S/C16H12N8O2S/c17-14-15(22-26-21-14)24-13(12(19-23-24)10-5-2-1-3-6-10)16(25)20-18-9-11-7-4-8-27-11/h1-9H,(H2,17,21)(H,20,25)/b18-9-. The second-order valence-corrected chi connectivity index (χ2v) is 6.23. The van der Waals surface area contributed by atoms with E-state index in [1.54, 1.807) is 6.21 Å². The summed E-state index contributed by atoms with van der Waals surface area (Å²) in [6.45, 7) is 0. The van der Waals surface area contributed by atoms with Gasteiger partial charge < -0.3 is 5.73 Å². The maximum atomic E-state index is 12.8. The molecule has 0 radical (unpaired) electrons. The van der Waals surface area contributed by atoms with Crippen molar-refractivity contribution in [1.82, 2.24) is 30.7 Å². The normalized spacial score (nSPS) is 11.1. The van der Waals surface area contributed by atoms with Gasteiger partial charge in [-0.3, -0.25) is 4.79 Å². The number of amides is 1. The first-order valence-electron chi connectivity index (χ1n) is 7.70. The second kappa shape index (κ2) is 7.17. The number of aromatic nitrogens is 5. The molecule has 0 saturated carbocycles. The monoisotopic (exact) mass is 380 g/mol. The molecule has 11 heteroatoms. The van der Waals surface area contributed by atoms with Crippen LogP contribution >= 0.6 is 11.3 Å². The molecule has 134 valence electrons. The highest BCUT2D eigenvalue weighted by Crippen LogP contribution is 2.24. The molecule has 27 heavy (non-hydrogen) atoms. The second-order valence-electron chi connectivity index (χ2n) is 5.25. The molecule has 0 aliphatic heterocycles. The fourth-order valence-electron chi connectivity index (χ4n) is 2.33. The largest absolute Gasteiger partial charge is 0.378 e. The first-order valence-corrected chi connectivity index (χ1v) is 8.58. The van der Waals surface area contributed by atoms with Crippen LogP contribution in [0.5, 0.6) is 0 Å². The summed E-state index contributed by atoms with van der Waals surface area (Å²) in [7, 11) is 0. The molecule has 0 aliphatic rings. The van der Waals surface area contributed by atoms with Gasteiger partial charge in [0.2, 0.25) is 11.6 Å². The molecule has 3 aromatic heterocycles. The zero-order valence-corrected chi connectivity index (χ0v) is 14.5. The molecular weight excluding hydrogens is 368 g/mol. The van der Waals surface area contributed by atoms with E-state index in [4.69, 9.17) is 5.73 Å². The number of nitrogens with one attached hydrogen (secondary N) is 1. The van der Waals surface area contributed by atoms with Crippen LogP contribution in [0.1, 0.15) is 15.4 Å². The van der Waals surface area contributed by atoms with E-state index < -0.39 is 5.91 Å². The third-order valence-electron chi connectivity index (χ3n) is 3.53. The molecule has 0 fully saturated rings. The van der Waals surface area contributed by atoms with Crippen LogP contribution in [0.25, 0.3) is 17.1 Å². The Bertz CT molecular complexity index is 1090. The van der Waals surface area contributed by atoms with Crippen molar-refractivity contribution in [3.8, 4) is 17.1 Å². The van der Waals surface area contributed by atoms with Crippen LogP contribution in [0.3, 0.4) is 0 Å². The van der Waals surface area contributed by atoms with Crippen LogP contribution in [0.2, 0.25) is 0 Å². The molecule has 0 aliphatic carbocycles. The fraction of sp³-hybridized carbons (Fsp3) is 0. The number of carbonyl (C=O) groups is 1. The zero-order chi connectivity index (χ0) is 18.6. The van der Waals surface area contributed by atoms with Crippen LogP contribution in [-0.2, 0) is 0 Å². The quantitative estimate of drug-likeness (QED) is 0.397. The SMILES string of the molecule is Nc1nonc1-n1nnc(-c2ccccc2)c1C(=O)N/N=C\c1cccs1. The minimum atomic E-state index is -0.533. The molecule has 0 saturated heterocycles. The highest BCUT2D eigenvalue weighted by atomic mass is 32.1. The van der Waals surface area contributed by atoms with Crippen molar-refractivity contribution in [3.05, 3.63) is 58.4 Å². The zero-order valence-electron chi connectivity index (χ0n) is 13.7. The molecule has 1 aromatic carbocycles. The number of carbonyl (C=O) groups excluding carboxylic acids is 1. The van der Waals surface area contributed by atoms with Crippen molar-refractivity contribution in [2.24, 2.45) is 5.10 Å². The van der Waals surface area contributed by atoms with Gasteiger partial charge in [0.25, 0.3) is 5.91 Å². The Morgan fingerprint density at radius 3 is 2.78 bits per heavy atom. The summed E-state index contributed by atoms with van der Waals surface area (Å²) in [6.07, 6.45) is 1.55. The Balaban J connectivity index is 1.73. The van der Waals surface area contributed by atoms with Gasteiger partial charge in [0.15, 0.2) is 5.69 Å². The summed E-state index contributed by atoms with van der Waals surface area (Å²) in [6, 6.07) is 12.9. The smallest absolute Gasteiger partial charge is 0.292 e. The maximum Gasteiger partial charge on any atom is 0.292 e. The minimum Gasteiger partial charge on any atom is -0.378 e. The number of nitrogens with zero attached hydrogens (tertiary/aromatic N) is 6. The van der Waals surface area contributed by atoms with Gasteiger partial charge in [0.1, 0.15) is 5.69 Å². The van der Waals surface area contributed by atoms with Gasteiger partial charge in [-0.25, -0.2) is 10.1 Å². The van der Waals surface area contributed by atoms with E-state index in [1.807, 2.05) is 47.8 Å². The molecule has 3 N–H and O–H groups in total. The lowest BCUT2D eigenvalue weighted by molar-refractivity contribution is 0.0948. The number of nitrogens with two attached hydrogens (primary N) is 1. The van der Waals surface area contributed by atoms with Crippen molar-refractivity contribution in [3.63, 3.8) is 0 Å². The first-order chi connectivity index (χ1) is 13.2. The van der Waals surface area contributed by atoms with Crippen LogP contribution in [0.4, 0.5) is 5.82 Å². The fourth-order valence-corrected chi connectivity index (χ4v) is 2.92. The van der Waals surface area contributed by atoms with Crippen LogP contribution in [0, 0.1) is 0 Å². The predicted octanol–water partition coefficient (Wildman–Crippen LogP) is 1.72. The van der Waals surface area contributed by atoms with Gasteiger partial charge in [-0.05, 0) is 21.8 Å². The number of nitrogen functional groups attached to an aromatic ring is 1. The van der Waals surface area contributed by atoms with E-state index in [0.717, 1.165) is 4.88 Å². The van der Waals surface area contributed by atoms with Crippen molar-refractivity contribution in [2.45, 2.75) is 0 Å². The van der Waals surface area contributed by atoms with Crippen molar-refractivity contribution < 1.29 is 9.42 Å². The van der Waals surface area contributed by atoms with Gasteiger partial charge in [0, 0.05) is 10.4 Å². The minimum absolute atomic E-state index is 0.0179. The van der Waals surface area contributed by atoms with Gasteiger partial charge in [0.05, 0.1) is 6.21 Å². The first kappa shape index (κ1) is 16.6. The average molecular weight is 380 g/mol. The number of benzene rings is 1. The van der Waals surface area contributed by atoms with E-state index in [-0.39, 0.29) is 17.3 Å². The summed E-state index contributed by atoms with van der Waals surface area (Å²) < 4.78 is 5.78. The Morgan fingerprint density at radius 2 is 2.07 bits per heavy atom. The highest BCUT2D eigenvalue weighted by Gasteiger charge is 2.25. The lowest BCUT2D eigenvalue weighted by Crippen LogP contribution is -2.22. The summed E-state index contributed by atoms with van der Waals surface area (Å²) in [5.41, 5.74) is 9.36. The highest BCUT2D eigenvalue weighted by molar-refractivity contribution is 7.11. The third kappa shape index (κ3) is 3.30. The Kier molecular flexibility index (Phi) is 4.41. The Morgan fingerprint density at radius 1 is 1.22 bits per heavy atom. The number of anilines is 1. The Labute approximate surface area is 156 Å². The molecule has 10 nitrogen and oxygen atoms in total. The van der Waals surface area contributed by atoms with Crippen LogP contribution in [-0.4, -0.2) is 37.4 Å². The van der Waals surface area contributed by atoms with E-state index in [1.165, 1.54) is 16.0 Å². The average Bonchev–Trinajstić information content (AvgIpc) is 3.42. The number of thiophene rings is 1. The van der Waals surface area contributed by atoms with E-state index in [0.29, 0.717) is 11.3 Å². The van der Waals surface area contributed by atoms with E-state index >= 15 is 0 Å².